The summed E-state index contributed by atoms with van der Waals surface area (Å²) in [6.07, 6.45) is 3.45. The van der Waals surface area contributed by atoms with Gasteiger partial charge in [-0.1, -0.05) is 24.3 Å². The zero-order valence-electron chi connectivity index (χ0n) is 14.9. The van der Waals surface area contributed by atoms with Crippen LogP contribution in [0, 0.1) is 0 Å². The summed E-state index contributed by atoms with van der Waals surface area (Å²) in [5.41, 5.74) is 4.13. The molecule has 4 nitrogen and oxygen atoms in total. The van der Waals surface area contributed by atoms with Crippen LogP contribution in [0.2, 0.25) is 0 Å². The Hall–Kier alpha value is -3.14. The van der Waals surface area contributed by atoms with Gasteiger partial charge in [0, 0.05) is 46.4 Å². The van der Waals surface area contributed by atoms with Crippen molar-refractivity contribution in [1.82, 2.24) is 9.55 Å². The average molecular weight is 343 g/mol. The lowest BCUT2D eigenvalue weighted by atomic mass is 10.0. The third kappa shape index (κ3) is 2.73. The van der Waals surface area contributed by atoms with E-state index in [9.17, 15) is 4.79 Å². The van der Waals surface area contributed by atoms with Crippen LogP contribution in [0.1, 0.15) is 25.3 Å². The molecule has 1 amide bonds. The minimum absolute atomic E-state index is 0.0309. The van der Waals surface area contributed by atoms with Crippen LogP contribution < -0.4 is 5.32 Å². The molecule has 0 radical (unpaired) electrons. The summed E-state index contributed by atoms with van der Waals surface area (Å²) in [6.45, 7) is 4.96. The van der Waals surface area contributed by atoms with E-state index in [1.54, 1.807) is 12.4 Å². The number of nitrogens with one attached hydrogen (secondary N) is 1. The molecule has 0 saturated carbocycles. The number of anilines is 1. The number of hydrogen-bond acceptors (Lipinski definition) is 2. The Morgan fingerprint density at radius 3 is 2.65 bits per heavy atom. The van der Waals surface area contributed by atoms with E-state index in [1.807, 2.05) is 25.1 Å². The molecule has 0 bridgehead atoms. The Morgan fingerprint density at radius 2 is 1.88 bits per heavy atom. The molecule has 0 aliphatic carbocycles. The first-order chi connectivity index (χ1) is 12.7. The zero-order chi connectivity index (χ0) is 18.1. The van der Waals surface area contributed by atoms with Gasteiger partial charge < -0.3 is 9.88 Å². The lowest BCUT2D eigenvalue weighted by molar-refractivity contribution is -0.117. The molecule has 2 aromatic carbocycles. The predicted octanol–water partition coefficient (Wildman–Crippen LogP) is 4.95. The fourth-order valence-corrected chi connectivity index (χ4v) is 3.51. The standard InChI is InChI=1S/C22H21N3O/c1-3-25-20-9-5-4-8-18(20)19-13-17(10-11-21(19)25)24-22(26)15(2)16-7-6-12-23-14-16/h4-15H,3H2,1-2H3,(H,24,26). The number of hydrogen-bond donors (Lipinski definition) is 1. The summed E-state index contributed by atoms with van der Waals surface area (Å²) < 4.78 is 2.30. The highest BCUT2D eigenvalue weighted by Gasteiger charge is 2.16. The number of aryl methyl sites for hydroxylation is 1. The molecule has 0 spiro atoms. The molecule has 0 aliphatic heterocycles. The van der Waals surface area contributed by atoms with Crippen molar-refractivity contribution in [3.05, 3.63) is 72.6 Å². The number of aromatic nitrogens is 2. The predicted molar refractivity (Wildman–Crippen MR) is 106 cm³/mol. The Morgan fingerprint density at radius 1 is 1.08 bits per heavy atom. The molecule has 2 heterocycles. The van der Waals surface area contributed by atoms with E-state index in [2.05, 4.69) is 58.2 Å². The van der Waals surface area contributed by atoms with Crippen molar-refractivity contribution in [3.8, 4) is 0 Å². The van der Waals surface area contributed by atoms with Gasteiger partial charge in [0.25, 0.3) is 0 Å². The molecular weight excluding hydrogens is 322 g/mol. The average Bonchev–Trinajstić information content (AvgIpc) is 3.01. The summed E-state index contributed by atoms with van der Waals surface area (Å²) in [7, 11) is 0. The summed E-state index contributed by atoms with van der Waals surface area (Å²) in [6, 6.07) is 18.3. The van der Waals surface area contributed by atoms with Gasteiger partial charge in [-0.25, -0.2) is 0 Å². The maximum absolute atomic E-state index is 12.6. The molecule has 4 aromatic rings. The van der Waals surface area contributed by atoms with Crippen molar-refractivity contribution < 1.29 is 4.79 Å². The van der Waals surface area contributed by atoms with Gasteiger partial charge in [-0.15, -0.1) is 0 Å². The smallest absolute Gasteiger partial charge is 0.231 e. The maximum atomic E-state index is 12.6. The molecule has 4 rings (SSSR count). The van der Waals surface area contributed by atoms with Crippen LogP contribution in [0.4, 0.5) is 5.69 Å². The number of amides is 1. The van der Waals surface area contributed by atoms with E-state index >= 15 is 0 Å². The van der Waals surface area contributed by atoms with Gasteiger partial charge in [0.2, 0.25) is 5.91 Å². The molecule has 26 heavy (non-hydrogen) atoms. The molecule has 1 N–H and O–H groups in total. The number of fused-ring (bicyclic) bond motifs is 3. The highest BCUT2D eigenvalue weighted by molar-refractivity contribution is 6.10. The van der Waals surface area contributed by atoms with E-state index < -0.39 is 0 Å². The molecule has 130 valence electrons. The topological polar surface area (TPSA) is 46.9 Å². The number of carbonyl (C=O) groups is 1. The highest BCUT2D eigenvalue weighted by atomic mass is 16.1. The fraction of sp³-hybridized carbons (Fsp3) is 0.182. The van der Waals surface area contributed by atoms with Crippen molar-refractivity contribution in [3.63, 3.8) is 0 Å². The Balaban J connectivity index is 1.70. The second-order valence-corrected chi connectivity index (χ2v) is 6.49. The van der Waals surface area contributed by atoms with Crippen LogP contribution in [0.25, 0.3) is 21.8 Å². The normalized spacial score (nSPS) is 12.4. The van der Waals surface area contributed by atoms with Gasteiger partial charge in [-0.05, 0) is 49.7 Å². The zero-order valence-corrected chi connectivity index (χ0v) is 14.9. The lowest BCUT2D eigenvalue weighted by Crippen LogP contribution is -2.18. The number of benzene rings is 2. The van der Waals surface area contributed by atoms with Crippen LogP contribution >= 0.6 is 0 Å². The monoisotopic (exact) mass is 343 g/mol. The van der Waals surface area contributed by atoms with Crippen molar-refractivity contribution in [2.75, 3.05) is 5.32 Å². The minimum Gasteiger partial charge on any atom is -0.341 e. The van der Waals surface area contributed by atoms with Crippen LogP contribution in [0.3, 0.4) is 0 Å². The van der Waals surface area contributed by atoms with Crippen molar-refractivity contribution >= 4 is 33.4 Å². The molecule has 2 aromatic heterocycles. The minimum atomic E-state index is -0.253. The van der Waals surface area contributed by atoms with Crippen LogP contribution in [0.15, 0.2) is 67.0 Å². The van der Waals surface area contributed by atoms with Gasteiger partial charge in [0.15, 0.2) is 0 Å². The first-order valence-electron chi connectivity index (χ1n) is 8.91. The van der Waals surface area contributed by atoms with Gasteiger partial charge in [-0.2, -0.15) is 0 Å². The molecule has 0 saturated heterocycles. The van der Waals surface area contributed by atoms with E-state index in [1.165, 1.54) is 16.4 Å². The molecule has 4 heteroatoms. The molecule has 1 unspecified atom stereocenters. The Bertz CT molecular complexity index is 1080. The van der Waals surface area contributed by atoms with Gasteiger partial charge >= 0.3 is 0 Å². The van der Waals surface area contributed by atoms with Crippen LogP contribution in [-0.4, -0.2) is 15.5 Å². The van der Waals surface area contributed by atoms with E-state index in [0.717, 1.165) is 23.2 Å². The molecule has 1 atom stereocenters. The van der Waals surface area contributed by atoms with E-state index in [4.69, 9.17) is 0 Å². The highest BCUT2D eigenvalue weighted by Crippen LogP contribution is 2.31. The Labute approximate surface area is 152 Å². The third-order valence-electron chi connectivity index (χ3n) is 4.93. The number of pyridine rings is 1. The summed E-state index contributed by atoms with van der Waals surface area (Å²) in [5, 5.41) is 5.42. The lowest BCUT2D eigenvalue weighted by Gasteiger charge is -2.12. The van der Waals surface area contributed by atoms with E-state index in [0.29, 0.717) is 0 Å². The summed E-state index contributed by atoms with van der Waals surface area (Å²) >= 11 is 0. The second-order valence-electron chi connectivity index (χ2n) is 6.49. The van der Waals surface area contributed by atoms with Crippen molar-refractivity contribution in [2.24, 2.45) is 0 Å². The van der Waals surface area contributed by atoms with E-state index in [-0.39, 0.29) is 11.8 Å². The Kier molecular flexibility index (Phi) is 4.17. The van der Waals surface area contributed by atoms with Gasteiger partial charge in [-0.3, -0.25) is 9.78 Å². The van der Waals surface area contributed by atoms with Gasteiger partial charge in [0.05, 0.1) is 5.92 Å². The van der Waals surface area contributed by atoms with Crippen LogP contribution in [-0.2, 0) is 11.3 Å². The van der Waals surface area contributed by atoms with Crippen molar-refractivity contribution in [1.29, 1.82) is 0 Å². The van der Waals surface area contributed by atoms with Crippen molar-refractivity contribution in [2.45, 2.75) is 26.3 Å². The quantitative estimate of drug-likeness (QED) is 0.570. The molecular formula is C22H21N3O. The first kappa shape index (κ1) is 16.3. The number of rotatable bonds is 4. The van der Waals surface area contributed by atoms with Gasteiger partial charge in [0.1, 0.15) is 0 Å². The summed E-state index contributed by atoms with van der Waals surface area (Å²) in [5.74, 6) is -0.284. The number of para-hydroxylation sites is 1. The first-order valence-corrected chi connectivity index (χ1v) is 8.91. The third-order valence-corrected chi connectivity index (χ3v) is 4.93. The number of carbonyl (C=O) groups excluding carboxylic acids is 1. The summed E-state index contributed by atoms with van der Waals surface area (Å²) in [4.78, 5) is 16.7. The largest absolute Gasteiger partial charge is 0.341 e. The fourth-order valence-electron chi connectivity index (χ4n) is 3.51. The second kappa shape index (κ2) is 6.64. The van der Waals surface area contributed by atoms with Crippen LogP contribution in [0.5, 0.6) is 0 Å². The SMILES string of the molecule is CCn1c2ccccc2c2cc(NC(=O)C(C)c3cccnc3)ccc21. The molecule has 0 fully saturated rings. The molecule has 0 aliphatic rings. The number of nitrogens with zero attached hydrogens (tertiary/aromatic N) is 2. The maximum Gasteiger partial charge on any atom is 0.231 e.